The summed E-state index contributed by atoms with van der Waals surface area (Å²) in [4.78, 5) is 34.2. The van der Waals surface area contributed by atoms with E-state index in [0.717, 1.165) is 161 Å². The van der Waals surface area contributed by atoms with Crippen molar-refractivity contribution in [3.8, 4) is 95.5 Å². The summed E-state index contributed by atoms with van der Waals surface area (Å²) in [6.45, 7) is 0. The number of nitrogens with zero attached hydrogens (tertiary/aromatic N) is 7. The molecule has 7 nitrogen and oxygen atoms in total. The Hall–Kier alpha value is -9.81. The van der Waals surface area contributed by atoms with E-state index in [1.54, 1.807) is 0 Å². The van der Waals surface area contributed by atoms with Crippen LogP contribution in [0.1, 0.15) is 0 Å². The number of aromatic nitrogens is 7. The quantitative estimate of drug-likeness (QED) is 0.171. The maximum atomic E-state index is 5.99. The molecule has 0 atom stereocenters. The van der Waals surface area contributed by atoms with Crippen molar-refractivity contribution in [1.29, 1.82) is 0 Å². The van der Waals surface area contributed by atoms with E-state index in [-0.39, 0.29) is 21.1 Å². The van der Waals surface area contributed by atoms with Crippen LogP contribution < -0.4 is 9.97 Å². The second-order valence-corrected chi connectivity index (χ2v) is 19.6. The van der Waals surface area contributed by atoms with Gasteiger partial charge in [-0.05, 0) is 121 Å². The number of pyridine rings is 2. The Morgan fingerprint density at radius 1 is 0.282 bits per heavy atom. The molecule has 13 aromatic rings. The maximum Gasteiger partial charge on any atom is 2.00 e. The molecule has 7 heterocycles. The maximum absolute atomic E-state index is 5.99. The fourth-order valence-electron chi connectivity index (χ4n) is 12.1. The normalized spacial score (nSPS) is 11.7. The molecule has 0 fully saturated rings. The van der Waals surface area contributed by atoms with Crippen molar-refractivity contribution >= 4 is 65.4 Å². The fourth-order valence-corrected chi connectivity index (χ4v) is 12.1. The summed E-state index contributed by atoms with van der Waals surface area (Å²) < 4.78 is 2.36. The number of hydrogen-bond acceptors (Lipinski definition) is 4. The van der Waals surface area contributed by atoms with Gasteiger partial charge in [0.2, 0.25) is 0 Å². The second-order valence-electron chi connectivity index (χ2n) is 19.6. The average Bonchev–Trinajstić information content (AvgIpc) is 4.51. The smallest absolute Gasteiger partial charge is 0.656 e. The molecular weight excluding hydrogens is 1130 g/mol. The molecule has 8 bridgehead atoms. The Morgan fingerprint density at radius 2 is 0.654 bits per heavy atom. The summed E-state index contributed by atoms with van der Waals surface area (Å²) in [6, 6.07) is 83.3. The number of fused-ring (bicyclic) bond motifs is 3. The molecule has 8 aromatic carbocycles. The molecule has 1 aliphatic carbocycles. The summed E-state index contributed by atoms with van der Waals surface area (Å²) in [7, 11) is 0. The van der Waals surface area contributed by atoms with Crippen LogP contribution >= 0.6 is 0 Å². The Balaban J connectivity index is 0.00000529. The van der Waals surface area contributed by atoms with Crippen molar-refractivity contribution in [3.05, 3.63) is 249 Å². The molecule has 78 heavy (non-hydrogen) atoms. The molecule has 0 saturated carbocycles. The Morgan fingerprint density at radius 3 is 1.12 bits per heavy atom. The van der Waals surface area contributed by atoms with Crippen LogP contribution in [0.25, 0.3) is 161 Å². The number of para-hydroxylation sites is 2. The van der Waals surface area contributed by atoms with Gasteiger partial charge in [0.1, 0.15) is 0 Å². The van der Waals surface area contributed by atoms with E-state index in [1.807, 2.05) is 24.5 Å². The molecule has 0 unspecified atom stereocenters. The molecule has 3 aliphatic rings. The van der Waals surface area contributed by atoms with E-state index in [4.69, 9.17) is 29.9 Å². The topological polar surface area (TPSA) is 84.7 Å². The third kappa shape index (κ3) is 6.88. The molecule has 0 spiro atoms. The molecular formula is C70H41N7Pt. The van der Waals surface area contributed by atoms with Crippen molar-refractivity contribution in [2.24, 2.45) is 0 Å². The Kier molecular flexibility index (Phi) is 10.6. The van der Waals surface area contributed by atoms with E-state index in [2.05, 4.69) is 229 Å². The van der Waals surface area contributed by atoms with Gasteiger partial charge in [-0.15, -0.1) is 22.1 Å². The molecule has 0 amide bonds. The zero-order chi connectivity index (χ0) is 50.6. The minimum Gasteiger partial charge on any atom is -0.656 e. The number of benzene rings is 8. The van der Waals surface area contributed by atoms with Gasteiger partial charge in [0.15, 0.2) is 0 Å². The van der Waals surface area contributed by atoms with Crippen LogP contribution in [-0.2, 0) is 21.1 Å². The van der Waals surface area contributed by atoms with E-state index < -0.39 is 0 Å². The molecule has 8 heteroatoms. The van der Waals surface area contributed by atoms with Crippen LogP contribution in [0.15, 0.2) is 249 Å². The van der Waals surface area contributed by atoms with E-state index in [9.17, 15) is 0 Å². The van der Waals surface area contributed by atoms with Gasteiger partial charge >= 0.3 is 21.1 Å². The van der Waals surface area contributed by atoms with Crippen LogP contribution in [0.3, 0.4) is 0 Å². The van der Waals surface area contributed by atoms with Gasteiger partial charge in [0.05, 0.1) is 45.2 Å². The monoisotopic (exact) mass is 1170 g/mol. The number of hydrogen-bond donors (Lipinski definition) is 0. The summed E-state index contributed by atoms with van der Waals surface area (Å²) in [5, 5.41) is 6.25. The Bertz CT molecular complexity index is 4870. The first kappa shape index (κ1) is 45.6. The van der Waals surface area contributed by atoms with Gasteiger partial charge in [-0.3, -0.25) is 9.97 Å². The minimum atomic E-state index is 0. The predicted molar refractivity (Wildman–Crippen MR) is 314 cm³/mol. The van der Waals surface area contributed by atoms with Gasteiger partial charge in [0, 0.05) is 40.0 Å². The van der Waals surface area contributed by atoms with Crippen LogP contribution in [-0.4, -0.2) is 24.5 Å². The van der Waals surface area contributed by atoms with Gasteiger partial charge in [0.25, 0.3) is 0 Å². The van der Waals surface area contributed by atoms with Crippen molar-refractivity contribution in [3.63, 3.8) is 0 Å². The minimum absolute atomic E-state index is 0. The number of rotatable bonds is 5. The third-order valence-electron chi connectivity index (χ3n) is 15.4. The van der Waals surface area contributed by atoms with E-state index in [1.165, 1.54) is 0 Å². The third-order valence-corrected chi connectivity index (χ3v) is 15.4. The van der Waals surface area contributed by atoms with Crippen molar-refractivity contribution in [1.82, 2.24) is 34.5 Å². The van der Waals surface area contributed by atoms with Crippen molar-refractivity contribution < 1.29 is 21.1 Å². The standard InChI is InChI=1S/C70H41N7.Pt/c1-5-21-42(22-6-1)57-61-48-30-13-14-31-49(48)62(73-61)58(43-23-7-2-8-24-43)70-68-53(35-20-40-72-68)66(76-70)60(45-37-38-56-54(41-45)47-29-17-18-36-55(47)77(56)46-27-11-4-12-28-46)64-51-33-16-15-32-50(51)63(74-64)59(44-25-9-3-10-26-44)69-67-52(65(57)75-69)34-19-39-71-67;/h1-41H;/q-2;+2. The molecule has 0 N–H and O–H groups in total. The molecule has 16 rings (SSSR count). The van der Waals surface area contributed by atoms with Gasteiger partial charge in [-0.25, -0.2) is 9.97 Å². The second kappa shape index (κ2) is 18.2. The SMILES string of the molecule is [Pt+2].c1ccc(-c2c3nc(c(-c4ccccc4)c4[n-]c(c(-c5ccc6c(c5)c5ccccc5n6-c5ccccc5)c5nc(c(-c6ccccc6)c6[n-]c2c2ccccc62)-c2ncccc2-5)c2ccccc42)-c2ncccc2-3)cc1. The summed E-state index contributed by atoms with van der Waals surface area (Å²) in [5.74, 6) is 0. The molecule has 0 saturated heterocycles. The van der Waals surface area contributed by atoms with Crippen molar-refractivity contribution in [2.75, 3.05) is 0 Å². The largest absolute Gasteiger partial charge is 2.00 e. The van der Waals surface area contributed by atoms with Crippen LogP contribution in [0.2, 0.25) is 0 Å². The summed E-state index contributed by atoms with van der Waals surface area (Å²) >= 11 is 0. The summed E-state index contributed by atoms with van der Waals surface area (Å²) in [5.41, 5.74) is 20.5. The van der Waals surface area contributed by atoms with E-state index >= 15 is 0 Å². The summed E-state index contributed by atoms with van der Waals surface area (Å²) in [6.07, 6.45) is 3.75. The Labute approximate surface area is 462 Å². The van der Waals surface area contributed by atoms with Crippen LogP contribution in [0, 0.1) is 0 Å². The van der Waals surface area contributed by atoms with Crippen LogP contribution in [0.5, 0.6) is 0 Å². The molecule has 5 aromatic heterocycles. The molecule has 366 valence electrons. The zero-order valence-electron chi connectivity index (χ0n) is 41.6. The average molecular weight is 1180 g/mol. The van der Waals surface area contributed by atoms with Crippen molar-refractivity contribution in [2.45, 2.75) is 0 Å². The first-order valence-electron chi connectivity index (χ1n) is 25.9. The first-order chi connectivity index (χ1) is 38.2. The molecule has 0 radical (unpaired) electrons. The fraction of sp³-hybridized carbons (Fsp3) is 0. The molecule has 2 aliphatic heterocycles. The predicted octanol–water partition coefficient (Wildman–Crippen LogP) is 17.1. The zero-order valence-corrected chi connectivity index (χ0v) is 43.9. The first-order valence-corrected chi connectivity index (χ1v) is 25.9. The van der Waals surface area contributed by atoms with Crippen LogP contribution in [0.4, 0.5) is 0 Å². The van der Waals surface area contributed by atoms with Gasteiger partial charge in [-0.2, -0.15) is 0 Å². The van der Waals surface area contributed by atoms with Gasteiger partial charge < -0.3 is 14.5 Å². The van der Waals surface area contributed by atoms with E-state index in [0.29, 0.717) is 0 Å². The van der Waals surface area contributed by atoms with Gasteiger partial charge in [-0.1, -0.05) is 182 Å².